The number of nitrogens with zero attached hydrogens (tertiary/aromatic N) is 1. The molecule has 4 nitrogen and oxygen atoms in total. The molecule has 2 aliphatic heterocycles. The van der Waals surface area contributed by atoms with Gasteiger partial charge in [0.25, 0.3) is 0 Å². The fraction of sp³-hybridized carbons (Fsp3) is 0.867. The average molecular weight is 266 g/mol. The van der Waals surface area contributed by atoms with Gasteiger partial charge in [0.1, 0.15) is 0 Å². The molecule has 0 radical (unpaired) electrons. The molecule has 1 spiro atoms. The summed E-state index contributed by atoms with van der Waals surface area (Å²) in [7, 11) is 0. The highest BCUT2D eigenvalue weighted by molar-refractivity contribution is 5.99. The molecule has 2 aliphatic rings. The summed E-state index contributed by atoms with van der Waals surface area (Å²) in [6.45, 7) is 9.57. The van der Waals surface area contributed by atoms with Crippen molar-refractivity contribution < 1.29 is 9.59 Å². The van der Waals surface area contributed by atoms with Crippen LogP contribution in [-0.2, 0) is 9.59 Å². The van der Waals surface area contributed by atoms with Crippen LogP contribution in [0.4, 0.5) is 0 Å². The van der Waals surface area contributed by atoms with Gasteiger partial charge in [0, 0.05) is 12.3 Å². The van der Waals surface area contributed by atoms with Gasteiger partial charge in [-0.3, -0.25) is 14.9 Å². The van der Waals surface area contributed by atoms with E-state index >= 15 is 0 Å². The highest BCUT2D eigenvalue weighted by Gasteiger charge is 2.50. The Bertz CT molecular complexity index is 357. The van der Waals surface area contributed by atoms with E-state index in [-0.39, 0.29) is 23.1 Å². The van der Waals surface area contributed by atoms with Crippen LogP contribution in [0.15, 0.2) is 0 Å². The Hall–Kier alpha value is -0.900. The van der Waals surface area contributed by atoms with Gasteiger partial charge in [-0.25, -0.2) is 0 Å². The zero-order chi connectivity index (χ0) is 14.0. The van der Waals surface area contributed by atoms with Crippen LogP contribution in [0.2, 0.25) is 0 Å². The number of hydrogen-bond donors (Lipinski definition) is 1. The van der Waals surface area contributed by atoms with Crippen LogP contribution in [0.3, 0.4) is 0 Å². The van der Waals surface area contributed by atoms with Crippen molar-refractivity contribution in [2.24, 2.45) is 17.3 Å². The van der Waals surface area contributed by atoms with E-state index in [0.717, 1.165) is 32.5 Å². The van der Waals surface area contributed by atoms with Crippen LogP contribution in [0.5, 0.6) is 0 Å². The first-order valence-corrected chi connectivity index (χ1v) is 7.54. The first-order valence-electron chi connectivity index (χ1n) is 7.54. The molecule has 1 N–H and O–H groups in total. The quantitative estimate of drug-likeness (QED) is 0.792. The summed E-state index contributed by atoms with van der Waals surface area (Å²) in [5.41, 5.74) is -0.0855. The first kappa shape index (κ1) is 14.5. The van der Waals surface area contributed by atoms with Gasteiger partial charge < -0.3 is 4.90 Å². The average Bonchev–Trinajstić information content (AvgIpc) is 2.31. The van der Waals surface area contributed by atoms with Gasteiger partial charge in [-0.1, -0.05) is 20.8 Å². The molecule has 4 heteroatoms. The second kappa shape index (κ2) is 5.61. The molecule has 0 saturated carbocycles. The lowest BCUT2D eigenvalue weighted by Gasteiger charge is -2.49. The van der Waals surface area contributed by atoms with Crippen LogP contribution in [0.25, 0.3) is 0 Å². The Balaban J connectivity index is 2.15. The normalized spacial score (nSPS) is 27.9. The minimum Gasteiger partial charge on any atom is -0.303 e. The van der Waals surface area contributed by atoms with Crippen molar-refractivity contribution in [1.82, 2.24) is 10.2 Å². The molecule has 0 aliphatic carbocycles. The number of nitrogens with one attached hydrogen (secondary N) is 1. The SMILES string of the molecule is CCCN1CCC2(CC1)CC(=O)NC(=O)C2C(C)C. The zero-order valence-corrected chi connectivity index (χ0v) is 12.4. The minimum atomic E-state index is -0.0855. The highest BCUT2D eigenvalue weighted by Crippen LogP contribution is 2.47. The van der Waals surface area contributed by atoms with Gasteiger partial charge >= 0.3 is 0 Å². The third kappa shape index (κ3) is 2.83. The molecule has 2 rings (SSSR count). The fourth-order valence-corrected chi connectivity index (χ4v) is 4.00. The third-order valence-corrected chi connectivity index (χ3v) is 4.78. The van der Waals surface area contributed by atoms with Gasteiger partial charge in [-0.15, -0.1) is 0 Å². The van der Waals surface area contributed by atoms with Crippen LogP contribution in [0.1, 0.15) is 46.5 Å². The Labute approximate surface area is 115 Å². The van der Waals surface area contributed by atoms with Crippen molar-refractivity contribution in [3.8, 4) is 0 Å². The molecule has 2 amide bonds. The highest BCUT2D eigenvalue weighted by atomic mass is 16.2. The summed E-state index contributed by atoms with van der Waals surface area (Å²) in [5.74, 6) is 0.167. The van der Waals surface area contributed by atoms with E-state index in [9.17, 15) is 9.59 Å². The van der Waals surface area contributed by atoms with Crippen molar-refractivity contribution in [2.75, 3.05) is 19.6 Å². The summed E-state index contributed by atoms with van der Waals surface area (Å²) < 4.78 is 0. The number of carbonyl (C=O) groups excluding carboxylic acids is 2. The second-order valence-corrected chi connectivity index (χ2v) is 6.51. The van der Waals surface area contributed by atoms with E-state index in [1.54, 1.807) is 0 Å². The molecule has 19 heavy (non-hydrogen) atoms. The lowest BCUT2D eigenvalue weighted by Crippen LogP contribution is -2.57. The predicted molar refractivity (Wildman–Crippen MR) is 74.5 cm³/mol. The topological polar surface area (TPSA) is 49.4 Å². The van der Waals surface area contributed by atoms with E-state index in [1.807, 2.05) is 0 Å². The number of imide groups is 1. The lowest BCUT2D eigenvalue weighted by atomic mass is 9.61. The maximum atomic E-state index is 12.2. The van der Waals surface area contributed by atoms with Crippen molar-refractivity contribution in [3.05, 3.63) is 0 Å². The van der Waals surface area contributed by atoms with Gasteiger partial charge in [0.05, 0.1) is 0 Å². The van der Waals surface area contributed by atoms with Crippen LogP contribution in [-0.4, -0.2) is 36.3 Å². The van der Waals surface area contributed by atoms with Crippen LogP contribution >= 0.6 is 0 Å². The molecule has 2 heterocycles. The Morgan fingerprint density at radius 1 is 1.32 bits per heavy atom. The monoisotopic (exact) mass is 266 g/mol. The Kier molecular flexibility index (Phi) is 4.29. The smallest absolute Gasteiger partial charge is 0.230 e. The minimum absolute atomic E-state index is 0.00558. The zero-order valence-electron chi connectivity index (χ0n) is 12.4. The van der Waals surface area contributed by atoms with Crippen LogP contribution in [0, 0.1) is 17.3 Å². The van der Waals surface area contributed by atoms with Gasteiger partial charge in [-0.2, -0.15) is 0 Å². The second-order valence-electron chi connectivity index (χ2n) is 6.51. The summed E-state index contributed by atoms with van der Waals surface area (Å²) in [6, 6.07) is 0. The fourth-order valence-electron chi connectivity index (χ4n) is 4.00. The number of rotatable bonds is 3. The van der Waals surface area contributed by atoms with E-state index in [0.29, 0.717) is 12.3 Å². The number of likely N-dealkylation sites (tertiary alicyclic amines) is 1. The molecule has 0 bridgehead atoms. The molecule has 108 valence electrons. The summed E-state index contributed by atoms with van der Waals surface area (Å²) in [4.78, 5) is 26.4. The molecule has 2 saturated heterocycles. The number of piperidine rings is 2. The molecule has 0 aromatic carbocycles. The van der Waals surface area contributed by atoms with E-state index in [1.165, 1.54) is 6.42 Å². The summed E-state index contributed by atoms with van der Waals surface area (Å²) in [6.07, 6.45) is 3.66. The maximum absolute atomic E-state index is 12.2. The van der Waals surface area contributed by atoms with E-state index < -0.39 is 0 Å². The molecule has 0 aromatic rings. The van der Waals surface area contributed by atoms with Crippen molar-refractivity contribution in [2.45, 2.75) is 46.5 Å². The Morgan fingerprint density at radius 3 is 2.47 bits per heavy atom. The first-order chi connectivity index (χ1) is 8.98. The maximum Gasteiger partial charge on any atom is 0.230 e. The van der Waals surface area contributed by atoms with Crippen molar-refractivity contribution in [1.29, 1.82) is 0 Å². The molecule has 1 unspecified atom stereocenters. The molecule has 2 fully saturated rings. The molecular weight excluding hydrogens is 240 g/mol. The Morgan fingerprint density at radius 2 is 1.95 bits per heavy atom. The molecule has 0 aromatic heterocycles. The van der Waals surface area contributed by atoms with Gasteiger partial charge in [0.15, 0.2) is 0 Å². The number of amides is 2. The van der Waals surface area contributed by atoms with E-state index in [2.05, 4.69) is 31.0 Å². The van der Waals surface area contributed by atoms with Gasteiger partial charge in [-0.05, 0) is 50.2 Å². The largest absolute Gasteiger partial charge is 0.303 e. The summed E-state index contributed by atoms with van der Waals surface area (Å²) in [5, 5.41) is 2.53. The third-order valence-electron chi connectivity index (χ3n) is 4.78. The molecular formula is C15H26N2O2. The molecule has 1 atom stereocenters. The standard InChI is InChI=1S/C15H26N2O2/c1-4-7-17-8-5-15(6-9-17)10-12(18)16-14(19)13(15)11(2)3/h11,13H,4-10H2,1-3H3,(H,16,18,19). The van der Waals surface area contributed by atoms with Gasteiger partial charge in [0.2, 0.25) is 11.8 Å². The van der Waals surface area contributed by atoms with Crippen molar-refractivity contribution in [3.63, 3.8) is 0 Å². The lowest BCUT2D eigenvalue weighted by molar-refractivity contribution is -0.148. The summed E-state index contributed by atoms with van der Waals surface area (Å²) >= 11 is 0. The number of carbonyl (C=O) groups is 2. The number of hydrogen-bond acceptors (Lipinski definition) is 3. The van der Waals surface area contributed by atoms with Crippen LogP contribution < -0.4 is 5.32 Å². The van der Waals surface area contributed by atoms with Crippen molar-refractivity contribution >= 4 is 11.8 Å². The predicted octanol–water partition coefficient (Wildman–Crippen LogP) is 1.80. The van der Waals surface area contributed by atoms with E-state index in [4.69, 9.17) is 0 Å².